The van der Waals surface area contributed by atoms with Crippen LogP contribution in [-0.2, 0) is 6.54 Å². The van der Waals surface area contributed by atoms with Crippen molar-refractivity contribution < 1.29 is 4.39 Å². The molecule has 0 amide bonds. The second-order valence-corrected chi connectivity index (χ2v) is 10.3. The van der Waals surface area contributed by atoms with Gasteiger partial charge in [-0.3, -0.25) is 4.98 Å². The van der Waals surface area contributed by atoms with E-state index in [4.69, 9.17) is 23.2 Å². The van der Waals surface area contributed by atoms with Gasteiger partial charge >= 0.3 is 0 Å². The number of aromatic nitrogens is 4. The largest absolute Gasteiger partial charge is 0.379 e. The molecule has 2 N–H and O–H groups in total. The van der Waals surface area contributed by atoms with E-state index in [1.165, 1.54) is 18.3 Å². The Morgan fingerprint density at radius 2 is 1.82 bits per heavy atom. The van der Waals surface area contributed by atoms with Crippen LogP contribution in [0.2, 0.25) is 10.0 Å². The lowest BCUT2D eigenvalue weighted by atomic mass is 10.1. The fourth-order valence-electron chi connectivity index (χ4n) is 4.40. The normalized spacial score (nSPS) is 11.9. The zero-order valence-electron chi connectivity index (χ0n) is 21.7. The van der Waals surface area contributed by atoms with Crippen molar-refractivity contribution in [1.82, 2.24) is 24.9 Å². The maximum atomic E-state index is 13.7. The minimum atomic E-state index is -0.532. The molecule has 3 aromatic carbocycles. The van der Waals surface area contributed by atoms with Crippen LogP contribution in [-0.4, -0.2) is 45.5 Å². The first kappa shape index (κ1) is 27.3. The zero-order valence-corrected chi connectivity index (χ0v) is 23.2. The molecule has 40 heavy (non-hydrogen) atoms. The monoisotopic (exact) mass is 574 g/mol. The van der Waals surface area contributed by atoms with Crippen LogP contribution in [0.25, 0.3) is 10.9 Å². The number of likely N-dealkylation sites (N-methyl/N-ethyl adjacent to an activating group) is 1. The van der Waals surface area contributed by atoms with Crippen molar-refractivity contribution in [2.24, 2.45) is 0 Å². The van der Waals surface area contributed by atoms with Crippen LogP contribution in [0.3, 0.4) is 0 Å². The summed E-state index contributed by atoms with van der Waals surface area (Å²) in [5.74, 6) is -0.532. The van der Waals surface area contributed by atoms with E-state index in [-0.39, 0.29) is 11.1 Å². The first-order valence-corrected chi connectivity index (χ1v) is 13.2. The lowest BCUT2D eigenvalue weighted by Crippen LogP contribution is -2.25. The molecule has 0 aliphatic heterocycles. The van der Waals surface area contributed by atoms with Gasteiger partial charge in [0.1, 0.15) is 17.6 Å². The van der Waals surface area contributed by atoms with Crippen LogP contribution in [0.1, 0.15) is 22.9 Å². The molecule has 5 aromatic rings. The van der Waals surface area contributed by atoms with E-state index in [1.54, 1.807) is 12.1 Å². The minimum absolute atomic E-state index is 0.0108. The van der Waals surface area contributed by atoms with E-state index in [9.17, 15) is 9.65 Å². The van der Waals surface area contributed by atoms with Gasteiger partial charge in [-0.05, 0) is 50.0 Å². The number of nitrogens with zero attached hydrogens (tertiary/aromatic N) is 6. The number of anilines is 3. The Bertz CT molecular complexity index is 1700. The van der Waals surface area contributed by atoms with Crippen LogP contribution < -0.4 is 10.6 Å². The molecule has 0 saturated carbocycles. The molecule has 1 unspecified atom stereocenters. The molecule has 0 aliphatic carbocycles. The number of fused-ring (bicyclic) bond motifs is 1. The van der Waals surface area contributed by atoms with Crippen molar-refractivity contribution in [1.29, 1.82) is 5.26 Å². The summed E-state index contributed by atoms with van der Waals surface area (Å²) < 4.78 is 15.6. The number of hydrogen-bond donors (Lipinski definition) is 2. The molecule has 2 aromatic heterocycles. The van der Waals surface area contributed by atoms with Crippen molar-refractivity contribution >= 4 is 51.2 Å². The topological polar surface area (TPSA) is 94.7 Å². The van der Waals surface area contributed by atoms with E-state index in [0.717, 1.165) is 17.8 Å². The van der Waals surface area contributed by atoms with Gasteiger partial charge in [0, 0.05) is 29.5 Å². The van der Waals surface area contributed by atoms with Crippen molar-refractivity contribution in [2.45, 2.75) is 12.6 Å². The van der Waals surface area contributed by atoms with Gasteiger partial charge in [0.25, 0.3) is 0 Å². The average Bonchev–Trinajstić information content (AvgIpc) is 3.42. The molecule has 0 radical (unpaired) electrons. The van der Waals surface area contributed by atoms with Gasteiger partial charge < -0.3 is 15.5 Å². The number of rotatable bonds is 9. The predicted octanol–water partition coefficient (Wildman–Crippen LogP) is 6.65. The molecule has 1 atom stereocenters. The Labute approximate surface area is 241 Å². The molecule has 202 valence electrons. The summed E-state index contributed by atoms with van der Waals surface area (Å²) >= 11 is 12.6. The summed E-state index contributed by atoms with van der Waals surface area (Å²) in [7, 11) is 4.05. The van der Waals surface area contributed by atoms with Crippen molar-refractivity contribution in [3.05, 3.63) is 106 Å². The highest BCUT2D eigenvalue weighted by Gasteiger charge is 2.18. The van der Waals surface area contributed by atoms with Gasteiger partial charge in [-0.1, -0.05) is 58.7 Å². The summed E-state index contributed by atoms with van der Waals surface area (Å²) in [6, 6.07) is 20.2. The van der Waals surface area contributed by atoms with Crippen LogP contribution in [0.4, 0.5) is 21.5 Å². The van der Waals surface area contributed by atoms with E-state index in [1.807, 2.05) is 49.2 Å². The smallest absolute Gasteiger partial charge is 0.141 e. The van der Waals surface area contributed by atoms with Gasteiger partial charge in [-0.15, -0.1) is 5.10 Å². The summed E-state index contributed by atoms with van der Waals surface area (Å²) in [5, 5.41) is 26.0. The third-order valence-corrected chi connectivity index (χ3v) is 6.89. The second kappa shape index (κ2) is 11.9. The first-order valence-electron chi connectivity index (χ1n) is 12.4. The Kier molecular flexibility index (Phi) is 8.12. The Hall–Kier alpha value is -4.23. The SMILES string of the molecule is CN(C)CC(c1ccccc1)n1cc(CNc2cc(Cl)c3ncc(C#N)c(Nc4ccc(F)c(Cl)c4)c3c2)nn1. The van der Waals surface area contributed by atoms with Gasteiger partial charge in [0.05, 0.1) is 45.6 Å². The lowest BCUT2D eigenvalue weighted by Gasteiger charge is -2.21. The maximum Gasteiger partial charge on any atom is 0.141 e. The van der Waals surface area contributed by atoms with E-state index >= 15 is 0 Å². The minimum Gasteiger partial charge on any atom is -0.379 e. The molecule has 8 nitrogen and oxygen atoms in total. The number of hydrogen-bond acceptors (Lipinski definition) is 7. The Morgan fingerprint density at radius 3 is 2.55 bits per heavy atom. The fourth-order valence-corrected chi connectivity index (χ4v) is 4.85. The van der Waals surface area contributed by atoms with E-state index in [0.29, 0.717) is 45.1 Å². The summed E-state index contributed by atoms with van der Waals surface area (Å²) in [4.78, 5) is 6.50. The summed E-state index contributed by atoms with van der Waals surface area (Å²) in [6.45, 7) is 1.16. The summed E-state index contributed by atoms with van der Waals surface area (Å²) in [5.41, 5.74) is 4.42. The van der Waals surface area contributed by atoms with Crippen molar-refractivity contribution in [3.63, 3.8) is 0 Å². The molecule has 11 heteroatoms. The van der Waals surface area contributed by atoms with Crippen LogP contribution in [0.5, 0.6) is 0 Å². The fraction of sp³-hybridized carbons (Fsp3) is 0.172. The zero-order chi connectivity index (χ0) is 28.2. The maximum absolute atomic E-state index is 13.7. The molecule has 0 bridgehead atoms. The molecule has 0 fully saturated rings. The molecule has 5 rings (SSSR count). The highest BCUT2D eigenvalue weighted by atomic mass is 35.5. The number of pyridine rings is 1. The third kappa shape index (κ3) is 6.00. The van der Waals surface area contributed by atoms with E-state index < -0.39 is 5.82 Å². The van der Waals surface area contributed by atoms with Gasteiger partial charge in [-0.2, -0.15) is 5.26 Å². The average molecular weight is 575 g/mol. The molecule has 0 saturated heterocycles. The number of halogens is 3. The lowest BCUT2D eigenvalue weighted by molar-refractivity contribution is 0.333. The number of nitrogens with one attached hydrogen (secondary N) is 2. The van der Waals surface area contributed by atoms with Gasteiger partial charge in [0.15, 0.2) is 0 Å². The molecular formula is C29H25Cl2FN8. The molecular weight excluding hydrogens is 550 g/mol. The standard InChI is InChI=1S/C29H25Cl2FN8/c1-39(2)17-27(18-6-4-3-5-7-18)40-16-22(37-38-40)15-34-21-10-23-28(36-20-8-9-26(32)24(30)11-20)19(13-33)14-35-29(23)25(31)12-21/h3-12,14,16,27,34H,15,17H2,1-2H3,(H,35,36). The van der Waals surface area contributed by atoms with E-state index in [2.05, 4.69) is 49.0 Å². The molecule has 0 spiro atoms. The van der Waals surface area contributed by atoms with Crippen molar-refractivity contribution in [2.75, 3.05) is 31.3 Å². The quantitative estimate of drug-likeness (QED) is 0.203. The number of benzene rings is 3. The van der Waals surface area contributed by atoms with Crippen LogP contribution in [0, 0.1) is 17.1 Å². The highest BCUT2D eigenvalue weighted by Crippen LogP contribution is 2.35. The Balaban J connectivity index is 1.42. The third-order valence-electron chi connectivity index (χ3n) is 6.31. The predicted molar refractivity (Wildman–Crippen MR) is 157 cm³/mol. The highest BCUT2D eigenvalue weighted by molar-refractivity contribution is 6.36. The number of nitriles is 1. The first-order chi connectivity index (χ1) is 19.3. The molecule has 2 heterocycles. The summed E-state index contributed by atoms with van der Waals surface area (Å²) in [6.07, 6.45) is 3.38. The van der Waals surface area contributed by atoms with Crippen LogP contribution in [0.15, 0.2) is 73.1 Å². The Morgan fingerprint density at radius 1 is 1.05 bits per heavy atom. The van der Waals surface area contributed by atoms with Gasteiger partial charge in [0.2, 0.25) is 0 Å². The van der Waals surface area contributed by atoms with Crippen molar-refractivity contribution in [3.8, 4) is 6.07 Å². The van der Waals surface area contributed by atoms with Crippen LogP contribution >= 0.6 is 23.2 Å². The second-order valence-electron chi connectivity index (χ2n) is 9.50. The molecule has 0 aliphatic rings. The van der Waals surface area contributed by atoms with Gasteiger partial charge in [-0.25, -0.2) is 9.07 Å².